The second-order valence-corrected chi connectivity index (χ2v) is 6.56. The average Bonchev–Trinajstić information content (AvgIpc) is 3.20. The van der Waals surface area contributed by atoms with Crippen LogP contribution in [0.25, 0.3) is 0 Å². The van der Waals surface area contributed by atoms with E-state index in [0.717, 1.165) is 19.3 Å². The van der Waals surface area contributed by atoms with E-state index in [4.69, 9.17) is 14.6 Å². The minimum Gasteiger partial charge on any atom is -0.479 e. The molecule has 2 saturated heterocycles. The van der Waals surface area contributed by atoms with Crippen LogP contribution < -0.4 is 0 Å². The van der Waals surface area contributed by atoms with E-state index in [-0.39, 0.29) is 11.7 Å². The predicted octanol–water partition coefficient (Wildman–Crippen LogP) is 2.11. The van der Waals surface area contributed by atoms with Crippen LogP contribution in [-0.4, -0.2) is 34.5 Å². The molecule has 1 N–H and O–H groups in total. The molecule has 4 aliphatic rings. The van der Waals surface area contributed by atoms with Crippen LogP contribution in [0.4, 0.5) is 0 Å². The van der Waals surface area contributed by atoms with Gasteiger partial charge in [0.05, 0.1) is 17.8 Å². The number of carbonyl (C=O) groups is 1. The molecule has 0 spiro atoms. The molecule has 0 amide bonds. The van der Waals surface area contributed by atoms with Gasteiger partial charge in [-0.2, -0.15) is 0 Å². The minimum atomic E-state index is -0.801. The van der Waals surface area contributed by atoms with Crippen molar-refractivity contribution < 1.29 is 19.4 Å². The summed E-state index contributed by atoms with van der Waals surface area (Å²) in [4.78, 5) is 11.1. The Labute approximate surface area is 107 Å². The monoisotopic (exact) mass is 252 g/mol. The van der Waals surface area contributed by atoms with Crippen LogP contribution in [0.2, 0.25) is 0 Å². The van der Waals surface area contributed by atoms with Gasteiger partial charge in [-0.25, -0.2) is 4.79 Å². The summed E-state index contributed by atoms with van der Waals surface area (Å²) in [5, 5.41) is 9.16. The van der Waals surface area contributed by atoms with Crippen molar-refractivity contribution in [2.75, 3.05) is 0 Å². The summed E-state index contributed by atoms with van der Waals surface area (Å²) >= 11 is 0. The number of fused-ring (bicyclic) bond motifs is 2. The Morgan fingerprint density at radius 2 is 2.06 bits per heavy atom. The summed E-state index contributed by atoms with van der Waals surface area (Å²) in [6.07, 6.45) is 9.27. The van der Waals surface area contributed by atoms with Gasteiger partial charge in [-0.1, -0.05) is 12.8 Å². The molecule has 4 nitrogen and oxygen atoms in total. The van der Waals surface area contributed by atoms with Crippen LogP contribution in [0, 0.1) is 5.92 Å². The molecule has 2 saturated carbocycles. The summed E-state index contributed by atoms with van der Waals surface area (Å²) in [5.74, 6) is -0.157. The fraction of sp³-hybridized carbons (Fsp3) is 0.929. The largest absolute Gasteiger partial charge is 0.479 e. The van der Waals surface area contributed by atoms with E-state index in [1.54, 1.807) is 0 Å². The molecule has 4 rings (SSSR count). The molecule has 4 fully saturated rings. The highest BCUT2D eigenvalue weighted by Crippen LogP contribution is 2.56. The van der Waals surface area contributed by atoms with Crippen molar-refractivity contribution in [1.29, 1.82) is 0 Å². The van der Waals surface area contributed by atoms with Crippen LogP contribution in [0.5, 0.6) is 0 Å². The zero-order valence-electron chi connectivity index (χ0n) is 10.6. The first-order valence-electron chi connectivity index (χ1n) is 7.24. The van der Waals surface area contributed by atoms with Crippen LogP contribution in [0.1, 0.15) is 51.4 Å². The Bertz CT molecular complexity index is 395. The van der Waals surface area contributed by atoms with Crippen molar-refractivity contribution >= 4 is 5.97 Å². The maximum Gasteiger partial charge on any atom is 0.338 e. The first-order valence-corrected chi connectivity index (χ1v) is 7.24. The minimum absolute atomic E-state index is 0.0223. The van der Waals surface area contributed by atoms with Gasteiger partial charge in [-0.3, -0.25) is 0 Å². The third kappa shape index (κ3) is 1.48. The van der Waals surface area contributed by atoms with Crippen LogP contribution >= 0.6 is 0 Å². The van der Waals surface area contributed by atoms with Crippen molar-refractivity contribution in [3.63, 3.8) is 0 Å². The fourth-order valence-corrected chi connectivity index (χ4v) is 4.31. The molecule has 5 atom stereocenters. The van der Waals surface area contributed by atoms with Gasteiger partial charge in [0.1, 0.15) is 0 Å². The van der Waals surface area contributed by atoms with E-state index in [1.807, 2.05) is 0 Å². The van der Waals surface area contributed by atoms with Gasteiger partial charge < -0.3 is 14.6 Å². The summed E-state index contributed by atoms with van der Waals surface area (Å²) in [7, 11) is 0. The van der Waals surface area contributed by atoms with Crippen LogP contribution in [0.3, 0.4) is 0 Å². The lowest BCUT2D eigenvalue weighted by Gasteiger charge is -2.26. The highest BCUT2D eigenvalue weighted by Gasteiger charge is 2.66. The van der Waals surface area contributed by atoms with Gasteiger partial charge in [0.2, 0.25) is 0 Å². The van der Waals surface area contributed by atoms with E-state index < -0.39 is 11.6 Å². The maximum atomic E-state index is 11.1. The van der Waals surface area contributed by atoms with Gasteiger partial charge in [0, 0.05) is 0 Å². The molecular formula is C14H20O4. The number of carboxylic acids is 1. The van der Waals surface area contributed by atoms with E-state index in [0.29, 0.717) is 18.4 Å². The van der Waals surface area contributed by atoms with Crippen LogP contribution in [0.15, 0.2) is 0 Å². The van der Waals surface area contributed by atoms with Crippen molar-refractivity contribution in [3.05, 3.63) is 0 Å². The second kappa shape index (κ2) is 3.48. The molecule has 0 bridgehead atoms. The second-order valence-electron chi connectivity index (χ2n) is 6.56. The molecule has 2 aliphatic carbocycles. The number of rotatable bonds is 3. The van der Waals surface area contributed by atoms with Crippen molar-refractivity contribution in [3.8, 4) is 0 Å². The highest BCUT2D eigenvalue weighted by atomic mass is 16.6. The number of aliphatic carboxylic acids is 1. The maximum absolute atomic E-state index is 11.1. The Balaban J connectivity index is 1.37. The zero-order chi connectivity index (χ0) is 12.4. The standard InChI is InChI=1S/C14H20O4/c15-12(16)14-6-4-9(7-11(14)18-14)8-13-5-2-1-3-10(13)17-13/h9-11H,1-8H2,(H,15,16). The normalized spacial score (nSPS) is 53.2. The molecule has 5 unspecified atom stereocenters. The Morgan fingerprint density at radius 3 is 2.78 bits per heavy atom. The Hall–Kier alpha value is -0.610. The molecule has 4 heteroatoms. The van der Waals surface area contributed by atoms with Crippen LogP contribution in [-0.2, 0) is 14.3 Å². The molecule has 2 heterocycles. The van der Waals surface area contributed by atoms with E-state index >= 15 is 0 Å². The summed E-state index contributed by atoms with van der Waals surface area (Å²) in [6.45, 7) is 0. The third-order valence-corrected chi connectivity index (χ3v) is 5.51. The summed E-state index contributed by atoms with van der Waals surface area (Å²) < 4.78 is 11.4. The highest BCUT2D eigenvalue weighted by molar-refractivity contribution is 5.81. The Morgan fingerprint density at radius 1 is 1.17 bits per heavy atom. The topological polar surface area (TPSA) is 62.4 Å². The van der Waals surface area contributed by atoms with Crippen molar-refractivity contribution in [2.45, 2.75) is 74.8 Å². The molecule has 0 aromatic rings. The van der Waals surface area contributed by atoms with Gasteiger partial charge in [0.15, 0.2) is 5.60 Å². The summed E-state index contributed by atoms with van der Waals surface area (Å²) in [5.41, 5.74) is -0.619. The number of ether oxygens (including phenoxy) is 2. The van der Waals surface area contributed by atoms with Crippen molar-refractivity contribution in [1.82, 2.24) is 0 Å². The predicted molar refractivity (Wildman–Crippen MR) is 63.3 cm³/mol. The number of hydrogen-bond acceptors (Lipinski definition) is 3. The number of epoxide rings is 2. The Kier molecular flexibility index (Phi) is 2.17. The van der Waals surface area contributed by atoms with Gasteiger partial charge in [0.25, 0.3) is 0 Å². The van der Waals surface area contributed by atoms with Gasteiger partial charge in [-0.05, 0) is 44.4 Å². The molecule has 0 aromatic heterocycles. The van der Waals surface area contributed by atoms with E-state index in [2.05, 4.69) is 0 Å². The smallest absolute Gasteiger partial charge is 0.338 e. The first-order chi connectivity index (χ1) is 8.65. The number of hydrogen-bond donors (Lipinski definition) is 1. The molecular weight excluding hydrogens is 232 g/mol. The van der Waals surface area contributed by atoms with Gasteiger partial charge in [-0.15, -0.1) is 0 Å². The SMILES string of the molecule is O=C(O)C12CCC(CC34CCCCC3O4)CC1O2. The quantitative estimate of drug-likeness (QED) is 0.781. The fourth-order valence-electron chi connectivity index (χ4n) is 4.31. The van der Waals surface area contributed by atoms with E-state index in [9.17, 15) is 4.79 Å². The first kappa shape index (κ1) is 11.2. The molecule has 0 radical (unpaired) electrons. The molecule has 2 aliphatic heterocycles. The zero-order valence-corrected chi connectivity index (χ0v) is 10.6. The number of carboxylic acid groups (broad SMARTS) is 1. The summed E-state index contributed by atoms with van der Waals surface area (Å²) in [6, 6.07) is 0. The van der Waals surface area contributed by atoms with Gasteiger partial charge >= 0.3 is 5.97 Å². The lowest BCUT2D eigenvalue weighted by molar-refractivity contribution is -0.143. The lowest BCUT2D eigenvalue weighted by atomic mass is 9.75. The molecule has 18 heavy (non-hydrogen) atoms. The molecule has 100 valence electrons. The lowest BCUT2D eigenvalue weighted by Crippen LogP contribution is -2.34. The molecule has 0 aromatic carbocycles. The third-order valence-electron chi connectivity index (χ3n) is 5.51. The van der Waals surface area contributed by atoms with E-state index in [1.165, 1.54) is 25.7 Å². The van der Waals surface area contributed by atoms with Crippen molar-refractivity contribution in [2.24, 2.45) is 5.92 Å². The average molecular weight is 252 g/mol.